The SMILES string of the molecule is C1=CC(NCC2CCCO2)CCC1. The van der Waals surface area contributed by atoms with Crippen LogP contribution >= 0.6 is 0 Å². The Morgan fingerprint density at radius 1 is 1.31 bits per heavy atom. The molecule has 1 aliphatic carbocycles. The molecule has 0 aromatic rings. The second-order valence-corrected chi connectivity index (χ2v) is 4.01. The zero-order valence-electron chi connectivity index (χ0n) is 8.17. The van der Waals surface area contributed by atoms with Crippen LogP contribution in [0.1, 0.15) is 32.1 Å². The van der Waals surface area contributed by atoms with Crippen molar-refractivity contribution in [1.82, 2.24) is 5.32 Å². The second-order valence-electron chi connectivity index (χ2n) is 4.01. The summed E-state index contributed by atoms with van der Waals surface area (Å²) in [6.07, 6.45) is 11.4. The van der Waals surface area contributed by atoms with Crippen LogP contribution in [-0.4, -0.2) is 25.3 Å². The molecule has 1 heterocycles. The number of ether oxygens (including phenoxy) is 1. The van der Waals surface area contributed by atoms with E-state index in [0.717, 1.165) is 13.2 Å². The lowest BCUT2D eigenvalue weighted by molar-refractivity contribution is 0.108. The highest BCUT2D eigenvalue weighted by Gasteiger charge is 2.16. The van der Waals surface area contributed by atoms with Crippen molar-refractivity contribution in [3.05, 3.63) is 12.2 Å². The number of hydrogen-bond acceptors (Lipinski definition) is 2. The maximum atomic E-state index is 5.56. The molecule has 1 aliphatic heterocycles. The number of nitrogens with one attached hydrogen (secondary N) is 1. The molecule has 2 heteroatoms. The fourth-order valence-electron chi connectivity index (χ4n) is 2.07. The molecule has 2 aliphatic rings. The van der Waals surface area contributed by atoms with Gasteiger partial charge in [-0.15, -0.1) is 0 Å². The van der Waals surface area contributed by atoms with Gasteiger partial charge in [-0.2, -0.15) is 0 Å². The van der Waals surface area contributed by atoms with Crippen LogP contribution in [0.25, 0.3) is 0 Å². The molecular formula is C11H19NO. The first-order valence-electron chi connectivity index (χ1n) is 5.47. The summed E-state index contributed by atoms with van der Waals surface area (Å²) in [5.41, 5.74) is 0. The van der Waals surface area contributed by atoms with Gasteiger partial charge in [0.1, 0.15) is 0 Å². The van der Waals surface area contributed by atoms with E-state index in [1.54, 1.807) is 0 Å². The minimum atomic E-state index is 0.482. The van der Waals surface area contributed by atoms with Crippen molar-refractivity contribution in [3.63, 3.8) is 0 Å². The predicted molar refractivity (Wildman–Crippen MR) is 53.8 cm³/mol. The van der Waals surface area contributed by atoms with Crippen LogP contribution in [0.3, 0.4) is 0 Å². The highest BCUT2D eigenvalue weighted by molar-refractivity contribution is 4.97. The highest BCUT2D eigenvalue weighted by Crippen LogP contribution is 2.13. The molecule has 1 fully saturated rings. The Balaban J connectivity index is 1.66. The largest absolute Gasteiger partial charge is 0.377 e. The zero-order valence-corrected chi connectivity index (χ0v) is 8.17. The van der Waals surface area contributed by atoms with Gasteiger partial charge in [0.05, 0.1) is 6.10 Å². The van der Waals surface area contributed by atoms with Gasteiger partial charge in [-0.05, 0) is 32.1 Å². The molecular weight excluding hydrogens is 162 g/mol. The number of rotatable bonds is 3. The summed E-state index contributed by atoms with van der Waals surface area (Å²) in [6, 6.07) is 0.609. The maximum absolute atomic E-state index is 5.56. The normalized spacial score (nSPS) is 33.8. The summed E-state index contributed by atoms with van der Waals surface area (Å²) in [5, 5.41) is 3.55. The molecule has 0 bridgehead atoms. The molecule has 0 saturated carbocycles. The molecule has 0 aromatic carbocycles. The van der Waals surface area contributed by atoms with Gasteiger partial charge in [-0.25, -0.2) is 0 Å². The summed E-state index contributed by atoms with van der Waals surface area (Å²) in [5.74, 6) is 0. The molecule has 0 amide bonds. The van der Waals surface area contributed by atoms with Crippen LogP contribution in [-0.2, 0) is 4.74 Å². The van der Waals surface area contributed by atoms with Crippen LogP contribution in [0.4, 0.5) is 0 Å². The Morgan fingerprint density at radius 2 is 2.31 bits per heavy atom. The fraction of sp³-hybridized carbons (Fsp3) is 0.818. The van der Waals surface area contributed by atoms with Crippen molar-refractivity contribution in [1.29, 1.82) is 0 Å². The molecule has 0 aromatic heterocycles. The Hall–Kier alpha value is -0.340. The molecule has 74 valence electrons. The molecule has 2 unspecified atom stereocenters. The highest BCUT2D eigenvalue weighted by atomic mass is 16.5. The van der Waals surface area contributed by atoms with Crippen LogP contribution in [0.15, 0.2) is 12.2 Å². The number of allylic oxidation sites excluding steroid dienone is 1. The molecule has 13 heavy (non-hydrogen) atoms. The summed E-state index contributed by atoms with van der Waals surface area (Å²) in [6.45, 7) is 2.00. The quantitative estimate of drug-likeness (QED) is 0.671. The summed E-state index contributed by atoms with van der Waals surface area (Å²) in [4.78, 5) is 0. The van der Waals surface area contributed by atoms with Crippen molar-refractivity contribution < 1.29 is 4.74 Å². The second kappa shape index (κ2) is 4.77. The minimum absolute atomic E-state index is 0.482. The summed E-state index contributed by atoms with van der Waals surface area (Å²) >= 11 is 0. The maximum Gasteiger partial charge on any atom is 0.0700 e. The van der Waals surface area contributed by atoms with E-state index in [0.29, 0.717) is 12.1 Å². The van der Waals surface area contributed by atoms with Crippen molar-refractivity contribution in [2.24, 2.45) is 0 Å². The van der Waals surface area contributed by atoms with Gasteiger partial charge >= 0.3 is 0 Å². The van der Waals surface area contributed by atoms with Crippen LogP contribution in [0, 0.1) is 0 Å². The predicted octanol–water partition coefficient (Wildman–Crippen LogP) is 1.86. The Morgan fingerprint density at radius 3 is 3.00 bits per heavy atom. The van der Waals surface area contributed by atoms with E-state index in [9.17, 15) is 0 Å². The summed E-state index contributed by atoms with van der Waals surface area (Å²) < 4.78 is 5.56. The molecule has 1 N–H and O–H groups in total. The smallest absolute Gasteiger partial charge is 0.0700 e. The van der Waals surface area contributed by atoms with Gasteiger partial charge in [0.25, 0.3) is 0 Å². The minimum Gasteiger partial charge on any atom is -0.377 e. The van der Waals surface area contributed by atoms with Gasteiger partial charge in [0, 0.05) is 19.2 Å². The van der Waals surface area contributed by atoms with E-state index in [2.05, 4.69) is 17.5 Å². The summed E-state index contributed by atoms with van der Waals surface area (Å²) in [7, 11) is 0. The van der Waals surface area contributed by atoms with Gasteiger partial charge < -0.3 is 10.1 Å². The molecule has 0 spiro atoms. The third-order valence-corrected chi connectivity index (χ3v) is 2.89. The first kappa shape index (κ1) is 9.22. The first-order chi connectivity index (χ1) is 6.45. The lowest BCUT2D eigenvalue weighted by Gasteiger charge is -2.20. The van der Waals surface area contributed by atoms with Gasteiger partial charge in [-0.1, -0.05) is 12.2 Å². The molecule has 2 atom stereocenters. The Bertz CT molecular complexity index is 173. The van der Waals surface area contributed by atoms with Crippen molar-refractivity contribution in [2.75, 3.05) is 13.2 Å². The lowest BCUT2D eigenvalue weighted by Crippen LogP contribution is -2.34. The topological polar surface area (TPSA) is 21.3 Å². The van der Waals surface area contributed by atoms with Crippen molar-refractivity contribution >= 4 is 0 Å². The van der Waals surface area contributed by atoms with Crippen LogP contribution in [0.2, 0.25) is 0 Å². The third kappa shape index (κ3) is 2.82. The van der Waals surface area contributed by atoms with Crippen LogP contribution < -0.4 is 5.32 Å². The monoisotopic (exact) mass is 181 g/mol. The zero-order chi connectivity index (χ0) is 8.93. The number of hydrogen-bond donors (Lipinski definition) is 1. The first-order valence-corrected chi connectivity index (χ1v) is 5.47. The average molecular weight is 181 g/mol. The third-order valence-electron chi connectivity index (χ3n) is 2.89. The van der Waals surface area contributed by atoms with Crippen LogP contribution in [0.5, 0.6) is 0 Å². The average Bonchev–Trinajstić information content (AvgIpc) is 2.69. The fourth-order valence-corrected chi connectivity index (χ4v) is 2.07. The van der Waals surface area contributed by atoms with Crippen molar-refractivity contribution in [2.45, 2.75) is 44.2 Å². The Kier molecular flexibility index (Phi) is 3.39. The van der Waals surface area contributed by atoms with E-state index in [-0.39, 0.29) is 0 Å². The molecule has 2 nitrogen and oxygen atoms in total. The molecule has 0 radical (unpaired) electrons. The van der Waals surface area contributed by atoms with E-state index in [4.69, 9.17) is 4.74 Å². The molecule has 2 rings (SSSR count). The van der Waals surface area contributed by atoms with E-state index < -0.39 is 0 Å². The van der Waals surface area contributed by atoms with E-state index in [1.807, 2.05) is 0 Å². The van der Waals surface area contributed by atoms with E-state index in [1.165, 1.54) is 32.1 Å². The van der Waals surface area contributed by atoms with Crippen molar-refractivity contribution in [3.8, 4) is 0 Å². The van der Waals surface area contributed by atoms with Gasteiger partial charge in [0.15, 0.2) is 0 Å². The van der Waals surface area contributed by atoms with Gasteiger partial charge in [0.2, 0.25) is 0 Å². The standard InChI is InChI=1S/C11H19NO/c1-2-5-10(6-3-1)12-9-11-7-4-8-13-11/h2,5,10-12H,1,3-4,6-9H2. The molecule has 1 saturated heterocycles. The van der Waals surface area contributed by atoms with Gasteiger partial charge in [-0.3, -0.25) is 0 Å². The Labute approximate surface area is 80.4 Å². The van der Waals surface area contributed by atoms with E-state index >= 15 is 0 Å². The lowest BCUT2D eigenvalue weighted by atomic mass is 10.0.